The number of esters is 1. The molecule has 0 spiro atoms. The maximum absolute atomic E-state index is 11.8. The minimum atomic E-state index is -0.577. The van der Waals surface area contributed by atoms with Gasteiger partial charge in [0.05, 0.1) is 24.2 Å². The van der Waals surface area contributed by atoms with E-state index in [2.05, 4.69) is 21.5 Å². The van der Waals surface area contributed by atoms with Crippen LogP contribution in [0.5, 0.6) is 0 Å². The van der Waals surface area contributed by atoms with E-state index in [9.17, 15) is 10.1 Å². The van der Waals surface area contributed by atoms with Crippen LogP contribution >= 0.6 is 12.4 Å². The van der Waals surface area contributed by atoms with Crippen molar-refractivity contribution in [3.63, 3.8) is 0 Å². The number of nitrogens with zero attached hydrogens (tertiary/aromatic N) is 4. The molecule has 10 heteroatoms. The number of hydrogen-bond acceptors (Lipinski definition) is 8. The normalized spacial score (nSPS) is 13.0. The van der Waals surface area contributed by atoms with E-state index in [1.807, 2.05) is 10.7 Å². The number of nitrogens with one attached hydrogen (secondary N) is 1. The molecule has 0 saturated heterocycles. The van der Waals surface area contributed by atoms with Gasteiger partial charge in [0.15, 0.2) is 0 Å². The van der Waals surface area contributed by atoms with Crippen molar-refractivity contribution >= 4 is 24.2 Å². The van der Waals surface area contributed by atoms with Gasteiger partial charge in [-0.05, 0) is 32.0 Å². The average Bonchev–Trinajstić information content (AvgIpc) is 3.23. The molecule has 156 valence electrons. The predicted molar refractivity (Wildman–Crippen MR) is 112 cm³/mol. The second kappa shape index (κ2) is 8.57. The number of nitriles is 1. The number of carbonyl (C=O) groups is 1. The van der Waals surface area contributed by atoms with Crippen LogP contribution in [0.25, 0.3) is 22.5 Å². The van der Waals surface area contributed by atoms with E-state index in [0.29, 0.717) is 34.8 Å². The summed E-state index contributed by atoms with van der Waals surface area (Å²) in [5.41, 5.74) is 9.76. The van der Waals surface area contributed by atoms with Crippen LogP contribution in [0, 0.1) is 18.3 Å². The van der Waals surface area contributed by atoms with Crippen molar-refractivity contribution in [2.24, 2.45) is 0 Å². The fourth-order valence-corrected chi connectivity index (χ4v) is 3.45. The Labute approximate surface area is 179 Å². The number of hydrogen-bond donors (Lipinski definition) is 2. The molecule has 4 heterocycles. The number of rotatable bonds is 3. The SMILES string of the molecule is COC(=O)c1cc(-c2cc(-c3cc4n(n3)CCCNC4)c(C#N)c(N)n2)c(C)o1.Cl. The number of ether oxygens (including phenoxy) is 1. The van der Waals surface area contributed by atoms with Gasteiger partial charge in [-0.3, -0.25) is 4.68 Å². The fraction of sp³-hybridized carbons (Fsp3) is 0.300. The summed E-state index contributed by atoms with van der Waals surface area (Å²) in [7, 11) is 1.29. The molecule has 0 saturated carbocycles. The molecule has 4 rings (SSSR count). The van der Waals surface area contributed by atoms with Gasteiger partial charge in [-0.25, -0.2) is 9.78 Å². The number of pyridine rings is 1. The Morgan fingerprint density at radius 1 is 1.33 bits per heavy atom. The number of carbonyl (C=O) groups excluding carboxylic acids is 1. The third kappa shape index (κ3) is 3.75. The molecular formula is C20H21ClN6O3. The Hall–Kier alpha value is -3.35. The molecule has 3 aromatic heterocycles. The summed E-state index contributed by atoms with van der Waals surface area (Å²) in [5, 5.41) is 17.7. The molecule has 0 unspecified atom stereocenters. The topological polar surface area (TPSA) is 132 Å². The highest BCUT2D eigenvalue weighted by molar-refractivity contribution is 5.89. The molecule has 0 atom stereocenters. The van der Waals surface area contributed by atoms with Crippen molar-refractivity contribution in [1.29, 1.82) is 5.26 Å². The first-order valence-electron chi connectivity index (χ1n) is 9.19. The summed E-state index contributed by atoms with van der Waals surface area (Å²) >= 11 is 0. The molecule has 1 aliphatic heterocycles. The van der Waals surface area contributed by atoms with Crippen LogP contribution in [0.15, 0.2) is 22.6 Å². The van der Waals surface area contributed by atoms with Gasteiger partial charge in [-0.1, -0.05) is 0 Å². The zero-order chi connectivity index (χ0) is 20.5. The second-order valence-corrected chi connectivity index (χ2v) is 6.77. The molecule has 1 aliphatic rings. The average molecular weight is 429 g/mol. The molecule has 3 N–H and O–H groups in total. The van der Waals surface area contributed by atoms with Crippen molar-refractivity contribution in [3.05, 3.63) is 41.0 Å². The molecule has 3 aromatic rings. The molecule has 0 bridgehead atoms. The summed E-state index contributed by atoms with van der Waals surface area (Å²) in [4.78, 5) is 16.1. The summed E-state index contributed by atoms with van der Waals surface area (Å²) in [6, 6.07) is 7.40. The monoisotopic (exact) mass is 428 g/mol. The fourth-order valence-electron chi connectivity index (χ4n) is 3.45. The van der Waals surface area contributed by atoms with Crippen LogP contribution in [-0.4, -0.2) is 34.4 Å². The molecule has 9 nitrogen and oxygen atoms in total. The zero-order valence-electron chi connectivity index (χ0n) is 16.6. The molecule has 0 radical (unpaired) electrons. The highest BCUT2D eigenvalue weighted by Crippen LogP contribution is 2.33. The van der Waals surface area contributed by atoms with Gasteiger partial charge in [0, 0.05) is 30.3 Å². The van der Waals surface area contributed by atoms with Gasteiger partial charge in [0.1, 0.15) is 23.2 Å². The number of nitrogens with two attached hydrogens (primary N) is 1. The summed E-state index contributed by atoms with van der Waals surface area (Å²) in [6.07, 6.45) is 0.980. The number of aryl methyl sites for hydroxylation is 2. The lowest BCUT2D eigenvalue weighted by Gasteiger charge is -2.08. The second-order valence-electron chi connectivity index (χ2n) is 6.77. The Bertz CT molecular complexity index is 1120. The molecule has 0 fully saturated rings. The van der Waals surface area contributed by atoms with Gasteiger partial charge in [-0.15, -0.1) is 12.4 Å². The Balaban J connectivity index is 0.00000256. The van der Waals surface area contributed by atoms with Crippen LogP contribution in [-0.2, 0) is 17.8 Å². The van der Waals surface area contributed by atoms with Gasteiger partial charge in [0.2, 0.25) is 5.76 Å². The van der Waals surface area contributed by atoms with Gasteiger partial charge >= 0.3 is 5.97 Å². The molecule has 0 aromatic carbocycles. The van der Waals surface area contributed by atoms with Crippen molar-refractivity contribution in [2.45, 2.75) is 26.4 Å². The van der Waals surface area contributed by atoms with Crippen LogP contribution in [0.4, 0.5) is 5.82 Å². The van der Waals surface area contributed by atoms with Crippen molar-refractivity contribution in [2.75, 3.05) is 19.4 Å². The van der Waals surface area contributed by atoms with Crippen LogP contribution in [0.3, 0.4) is 0 Å². The van der Waals surface area contributed by atoms with Gasteiger partial charge < -0.3 is 20.2 Å². The highest BCUT2D eigenvalue weighted by Gasteiger charge is 2.21. The van der Waals surface area contributed by atoms with Crippen molar-refractivity contribution < 1.29 is 13.9 Å². The highest BCUT2D eigenvalue weighted by atomic mass is 35.5. The number of methoxy groups -OCH3 is 1. The van der Waals surface area contributed by atoms with Crippen LogP contribution in [0.1, 0.15) is 34.0 Å². The van der Waals surface area contributed by atoms with Crippen LogP contribution < -0.4 is 11.1 Å². The first kappa shape index (κ1) is 21.4. The van der Waals surface area contributed by atoms with E-state index >= 15 is 0 Å². The van der Waals surface area contributed by atoms with E-state index in [1.54, 1.807) is 19.1 Å². The van der Waals surface area contributed by atoms with E-state index in [0.717, 1.165) is 25.2 Å². The summed E-state index contributed by atoms with van der Waals surface area (Å²) in [6.45, 7) is 4.19. The maximum Gasteiger partial charge on any atom is 0.373 e. The lowest BCUT2D eigenvalue weighted by atomic mass is 10.0. The molecule has 0 aliphatic carbocycles. The standard InChI is InChI=1S/C20H20N6O3.ClH/c1-11-13(8-18(29-11)20(27)28-2)16-7-14(15(9-21)19(22)24-16)17-6-12-10-23-4-3-5-26(12)25-17;/h6-8,23H,3-5,10H2,1-2H3,(H2,22,24);1H. The van der Waals surface area contributed by atoms with Crippen molar-refractivity contribution in [3.8, 4) is 28.6 Å². The Morgan fingerprint density at radius 3 is 2.87 bits per heavy atom. The lowest BCUT2D eigenvalue weighted by Crippen LogP contribution is -2.11. The van der Waals surface area contributed by atoms with E-state index in [4.69, 9.17) is 14.9 Å². The number of halogens is 1. The van der Waals surface area contributed by atoms with Gasteiger partial charge in [-0.2, -0.15) is 10.4 Å². The van der Waals surface area contributed by atoms with Crippen LogP contribution in [0.2, 0.25) is 0 Å². The minimum Gasteiger partial charge on any atom is -0.463 e. The van der Waals surface area contributed by atoms with E-state index < -0.39 is 5.97 Å². The third-order valence-corrected chi connectivity index (χ3v) is 4.91. The van der Waals surface area contributed by atoms with Crippen molar-refractivity contribution in [1.82, 2.24) is 20.1 Å². The first-order chi connectivity index (χ1) is 14.0. The largest absolute Gasteiger partial charge is 0.463 e. The Morgan fingerprint density at radius 2 is 2.13 bits per heavy atom. The molecule has 0 amide bonds. The zero-order valence-corrected chi connectivity index (χ0v) is 17.4. The molecular weight excluding hydrogens is 408 g/mol. The number of nitrogen functional groups attached to an aromatic ring is 1. The summed E-state index contributed by atoms with van der Waals surface area (Å²) in [5.74, 6) is 0.0944. The smallest absolute Gasteiger partial charge is 0.373 e. The Kier molecular flexibility index (Phi) is 6.10. The molecule has 30 heavy (non-hydrogen) atoms. The lowest BCUT2D eigenvalue weighted by molar-refractivity contribution is 0.0563. The third-order valence-electron chi connectivity index (χ3n) is 4.91. The van der Waals surface area contributed by atoms with E-state index in [-0.39, 0.29) is 29.5 Å². The number of anilines is 1. The van der Waals surface area contributed by atoms with Gasteiger partial charge in [0.25, 0.3) is 0 Å². The minimum absolute atomic E-state index is 0. The quantitative estimate of drug-likeness (QED) is 0.608. The maximum atomic E-state index is 11.8. The van der Waals surface area contributed by atoms with E-state index in [1.165, 1.54) is 7.11 Å². The number of fused-ring (bicyclic) bond motifs is 1. The predicted octanol–water partition coefficient (Wildman–Crippen LogP) is 2.67. The number of aromatic nitrogens is 3. The summed E-state index contributed by atoms with van der Waals surface area (Å²) < 4.78 is 12.2. The first-order valence-corrected chi connectivity index (χ1v) is 9.19. The number of furan rings is 1.